The summed E-state index contributed by atoms with van der Waals surface area (Å²) in [6.07, 6.45) is 4.34. The van der Waals surface area contributed by atoms with Crippen LogP contribution in [0.5, 0.6) is 0 Å². The number of halogens is 3. The molecule has 0 bridgehead atoms. The van der Waals surface area contributed by atoms with Crippen molar-refractivity contribution in [2.24, 2.45) is 11.1 Å². The smallest absolute Gasteiger partial charge is 0.367 e. The number of rotatable bonds is 7. The van der Waals surface area contributed by atoms with Gasteiger partial charge in [0, 0.05) is 28.8 Å². The monoisotopic (exact) mass is 471 g/mol. The fourth-order valence-electron chi connectivity index (χ4n) is 3.73. The van der Waals surface area contributed by atoms with Gasteiger partial charge in [-0.05, 0) is 55.1 Å². The minimum Gasteiger partial charge on any atom is -0.367 e. The molecule has 1 aliphatic carbocycles. The van der Waals surface area contributed by atoms with Crippen molar-refractivity contribution in [2.45, 2.75) is 35.7 Å². The van der Waals surface area contributed by atoms with Crippen molar-refractivity contribution in [1.82, 2.24) is 14.6 Å². The van der Waals surface area contributed by atoms with Crippen molar-refractivity contribution < 1.29 is 21.6 Å². The van der Waals surface area contributed by atoms with Gasteiger partial charge >= 0.3 is 5.51 Å². The van der Waals surface area contributed by atoms with Gasteiger partial charge in [-0.1, -0.05) is 12.1 Å². The van der Waals surface area contributed by atoms with E-state index in [1.807, 2.05) is 0 Å². The summed E-state index contributed by atoms with van der Waals surface area (Å²) >= 11 is -1.91. The highest BCUT2D eigenvalue weighted by Crippen LogP contribution is 2.38. The average molecular weight is 472 g/mol. The lowest BCUT2D eigenvalue weighted by Gasteiger charge is -2.15. The van der Waals surface area contributed by atoms with Crippen molar-refractivity contribution in [3.05, 3.63) is 42.6 Å². The first-order chi connectivity index (χ1) is 14.8. The van der Waals surface area contributed by atoms with Gasteiger partial charge in [-0.15, -0.1) is 0 Å². The second-order valence-electron chi connectivity index (χ2n) is 7.27. The van der Waals surface area contributed by atoms with Crippen LogP contribution < -0.4 is 10.5 Å². The number of hydrogen-bond acceptors (Lipinski definition) is 6. The van der Waals surface area contributed by atoms with Gasteiger partial charge in [-0.3, -0.25) is 4.18 Å². The molecule has 1 aliphatic rings. The normalized spacial score (nSPS) is 20.3. The Bertz CT molecular complexity index is 1090. The Hall–Kier alpha value is -2.15. The minimum atomic E-state index is -4.35. The van der Waals surface area contributed by atoms with Crippen LogP contribution in [0, 0.1) is 5.92 Å². The van der Waals surface area contributed by atoms with E-state index in [1.54, 1.807) is 35.0 Å². The third kappa shape index (κ3) is 5.76. The number of nitrogens with zero attached hydrogens (tertiary/aromatic N) is 3. The van der Waals surface area contributed by atoms with Crippen LogP contribution in [0.15, 0.2) is 47.5 Å². The molecule has 12 heteroatoms. The summed E-state index contributed by atoms with van der Waals surface area (Å²) in [5.74, 6) is 1.01. The molecule has 3 N–H and O–H groups in total. The Morgan fingerprint density at radius 1 is 1.29 bits per heavy atom. The number of fused-ring (bicyclic) bond motifs is 1. The third-order valence-electron chi connectivity index (χ3n) is 5.03. The predicted molar refractivity (Wildman–Crippen MR) is 113 cm³/mol. The van der Waals surface area contributed by atoms with Gasteiger partial charge in [0.05, 0.1) is 12.3 Å². The molecule has 0 saturated heterocycles. The first-order valence-corrected chi connectivity index (χ1v) is 11.5. The second-order valence-corrected chi connectivity index (χ2v) is 9.17. The first kappa shape index (κ1) is 22.1. The van der Waals surface area contributed by atoms with Crippen LogP contribution in [0.3, 0.4) is 0 Å². The van der Waals surface area contributed by atoms with Gasteiger partial charge in [0.25, 0.3) is 0 Å². The zero-order valence-corrected chi connectivity index (χ0v) is 17.8. The molecule has 4 rings (SSSR count). The highest BCUT2D eigenvalue weighted by molar-refractivity contribution is 8.00. The molecule has 7 nitrogen and oxygen atoms in total. The predicted octanol–water partition coefficient (Wildman–Crippen LogP) is 4.14. The Balaban J connectivity index is 1.52. The maximum Gasteiger partial charge on any atom is 0.446 e. The molecule has 3 atom stereocenters. The summed E-state index contributed by atoms with van der Waals surface area (Å²) in [5.41, 5.74) is -2.64. The summed E-state index contributed by atoms with van der Waals surface area (Å²) in [5, 5.41) is 13.2. The van der Waals surface area contributed by atoms with Crippen LogP contribution in [0.25, 0.3) is 16.9 Å². The van der Waals surface area contributed by atoms with E-state index < -0.39 is 16.8 Å². The maximum absolute atomic E-state index is 12.7. The maximum atomic E-state index is 12.7. The lowest BCUT2D eigenvalue weighted by Crippen LogP contribution is -2.19. The SMILES string of the molecule is NS(=O)OC[C@@H]1CC[C@H](Nc2ccnc3cc(-c4cccc(SC(F)(F)F)c4)nn23)C1. The van der Waals surface area contributed by atoms with Gasteiger partial charge < -0.3 is 5.32 Å². The molecule has 1 aromatic carbocycles. The molecule has 31 heavy (non-hydrogen) atoms. The van der Waals surface area contributed by atoms with Gasteiger partial charge in [-0.25, -0.2) is 14.3 Å². The quantitative estimate of drug-likeness (QED) is 0.503. The number of alkyl halides is 3. The van der Waals surface area contributed by atoms with Crippen LogP contribution >= 0.6 is 11.8 Å². The average Bonchev–Trinajstić information content (AvgIpc) is 3.32. The number of thioether (sulfide) groups is 1. The molecule has 0 radical (unpaired) electrons. The Kier molecular flexibility index (Phi) is 6.51. The van der Waals surface area contributed by atoms with Crippen molar-refractivity contribution in [2.75, 3.05) is 11.9 Å². The number of hydrogen-bond donors (Lipinski definition) is 2. The topological polar surface area (TPSA) is 94.5 Å². The zero-order chi connectivity index (χ0) is 22.0. The van der Waals surface area contributed by atoms with Crippen molar-refractivity contribution >= 4 is 34.5 Å². The zero-order valence-electron chi connectivity index (χ0n) is 16.2. The van der Waals surface area contributed by atoms with Crippen molar-refractivity contribution in [3.63, 3.8) is 0 Å². The highest BCUT2D eigenvalue weighted by atomic mass is 32.2. The van der Waals surface area contributed by atoms with Crippen LogP contribution in [-0.2, 0) is 15.4 Å². The summed E-state index contributed by atoms with van der Waals surface area (Å²) in [4.78, 5) is 4.42. The molecular formula is C19H20F3N5O2S2. The van der Waals surface area contributed by atoms with E-state index in [-0.39, 0.29) is 28.6 Å². The minimum absolute atomic E-state index is 0.103. The number of aromatic nitrogens is 3. The molecule has 2 heterocycles. The molecule has 1 fully saturated rings. The number of benzene rings is 1. The lowest BCUT2D eigenvalue weighted by molar-refractivity contribution is -0.0328. The Morgan fingerprint density at radius 3 is 2.90 bits per heavy atom. The van der Waals surface area contributed by atoms with Gasteiger partial charge in [0.2, 0.25) is 11.3 Å². The van der Waals surface area contributed by atoms with E-state index in [1.165, 1.54) is 12.1 Å². The van der Waals surface area contributed by atoms with E-state index >= 15 is 0 Å². The fraction of sp³-hybridized carbons (Fsp3) is 0.368. The lowest BCUT2D eigenvalue weighted by atomic mass is 10.1. The molecule has 0 spiro atoms. The van der Waals surface area contributed by atoms with Crippen LogP contribution in [0.1, 0.15) is 19.3 Å². The molecule has 1 unspecified atom stereocenters. The van der Waals surface area contributed by atoms with Gasteiger partial charge in [0.15, 0.2) is 5.65 Å². The van der Waals surface area contributed by atoms with Crippen LogP contribution in [0.2, 0.25) is 0 Å². The summed E-state index contributed by atoms with van der Waals surface area (Å²) in [6.45, 7) is 0.352. The fourth-order valence-corrected chi connectivity index (χ4v) is 4.65. The van der Waals surface area contributed by atoms with E-state index in [4.69, 9.17) is 9.32 Å². The first-order valence-electron chi connectivity index (χ1n) is 9.54. The molecule has 166 valence electrons. The summed E-state index contributed by atoms with van der Waals surface area (Å²) in [6, 6.07) is 9.92. The largest absolute Gasteiger partial charge is 0.446 e. The molecule has 3 aromatic rings. The van der Waals surface area contributed by atoms with E-state index in [9.17, 15) is 17.4 Å². The molecule has 1 saturated carbocycles. The summed E-state index contributed by atoms with van der Waals surface area (Å²) < 4.78 is 55.7. The van der Waals surface area contributed by atoms with E-state index in [0.717, 1.165) is 25.1 Å². The van der Waals surface area contributed by atoms with Gasteiger partial charge in [-0.2, -0.15) is 22.8 Å². The third-order valence-corrected chi connectivity index (χ3v) is 6.12. The number of nitrogens with two attached hydrogens (primary N) is 1. The van der Waals surface area contributed by atoms with Crippen molar-refractivity contribution in [1.29, 1.82) is 0 Å². The molecular weight excluding hydrogens is 451 g/mol. The second kappa shape index (κ2) is 9.15. The Labute approximate surface area is 183 Å². The van der Waals surface area contributed by atoms with E-state index in [2.05, 4.69) is 15.4 Å². The standard InChI is InChI=1S/C19H20F3N5O2S2/c20-19(21,22)30-15-3-1-2-13(9-15)16-10-18-24-7-6-17(27(18)26-16)25-14-5-4-12(8-14)11-29-31(23)28/h1-3,6-7,9-10,12,14,25H,4-5,8,11,23H2/t12-,14+,31?/m1/s1. The van der Waals surface area contributed by atoms with Gasteiger partial charge in [0.1, 0.15) is 5.82 Å². The molecule has 2 aromatic heterocycles. The number of nitrogens with one attached hydrogen (secondary N) is 1. The Morgan fingerprint density at radius 2 is 2.13 bits per heavy atom. The molecule has 0 amide bonds. The summed E-state index contributed by atoms with van der Waals surface area (Å²) in [7, 11) is 0. The number of anilines is 1. The van der Waals surface area contributed by atoms with E-state index in [0.29, 0.717) is 23.5 Å². The highest BCUT2D eigenvalue weighted by Gasteiger charge is 2.29. The molecule has 0 aliphatic heterocycles. The van der Waals surface area contributed by atoms with Crippen molar-refractivity contribution in [3.8, 4) is 11.3 Å². The van der Waals surface area contributed by atoms with Crippen LogP contribution in [-0.4, -0.2) is 37.0 Å². The van der Waals surface area contributed by atoms with Crippen LogP contribution in [0.4, 0.5) is 19.0 Å².